The van der Waals surface area contributed by atoms with E-state index in [1.165, 1.54) is 5.56 Å². The monoisotopic (exact) mass is 298 g/mol. The molecule has 2 aromatic rings. The summed E-state index contributed by atoms with van der Waals surface area (Å²) in [5, 5.41) is 3.41. The Bertz CT molecular complexity index is 568. The van der Waals surface area contributed by atoms with Gasteiger partial charge in [0.25, 0.3) is 0 Å². The van der Waals surface area contributed by atoms with Gasteiger partial charge in [-0.05, 0) is 38.8 Å². The molecule has 1 heterocycles. The van der Waals surface area contributed by atoms with Gasteiger partial charge in [0.2, 0.25) is 5.95 Å². The third-order valence-electron chi connectivity index (χ3n) is 3.73. The highest BCUT2D eigenvalue weighted by Crippen LogP contribution is 2.18. The summed E-state index contributed by atoms with van der Waals surface area (Å²) in [4.78, 5) is 11.4. The maximum atomic E-state index is 4.68. The van der Waals surface area contributed by atoms with Crippen molar-refractivity contribution in [2.24, 2.45) is 0 Å². The quantitative estimate of drug-likeness (QED) is 0.835. The molecule has 4 heteroatoms. The zero-order valence-electron chi connectivity index (χ0n) is 14.0. The highest BCUT2D eigenvalue weighted by atomic mass is 15.3. The summed E-state index contributed by atoms with van der Waals surface area (Å²) in [5.74, 6) is 1.66. The third-order valence-corrected chi connectivity index (χ3v) is 3.73. The van der Waals surface area contributed by atoms with E-state index in [-0.39, 0.29) is 0 Å². The molecule has 0 fully saturated rings. The topological polar surface area (TPSA) is 41.1 Å². The van der Waals surface area contributed by atoms with Gasteiger partial charge in [0.15, 0.2) is 0 Å². The Hall–Kier alpha value is -2.10. The maximum Gasteiger partial charge on any atom is 0.227 e. The number of rotatable bonds is 7. The summed E-state index contributed by atoms with van der Waals surface area (Å²) in [6, 6.07) is 13.1. The molecule has 0 bridgehead atoms. The van der Waals surface area contributed by atoms with Crippen LogP contribution < -0.4 is 10.2 Å². The predicted molar refractivity (Wildman–Crippen MR) is 93.2 cm³/mol. The van der Waals surface area contributed by atoms with Crippen LogP contribution in [0, 0.1) is 0 Å². The second-order valence-corrected chi connectivity index (χ2v) is 5.90. The van der Waals surface area contributed by atoms with E-state index in [1.54, 1.807) is 0 Å². The Labute approximate surface area is 133 Å². The first-order valence-corrected chi connectivity index (χ1v) is 8.00. The van der Waals surface area contributed by atoms with Crippen LogP contribution in [0.1, 0.15) is 39.7 Å². The van der Waals surface area contributed by atoms with Crippen molar-refractivity contribution in [3.05, 3.63) is 48.2 Å². The fourth-order valence-electron chi connectivity index (χ4n) is 2.19. The fraction of sp³-hybridized carbons (Fsp3) is 0.444. The van der Waals surface area contributed by atoms with Crippen molar-refractivity contribution in [1.82, 2.24) is 9.97 Å². The van der Waals surface area contributed by atoms with Gasteiger partial charge in [0.05, 0.1) is 0 Å². The molecule has 0 aliphatic heterocycles. The largest absolute Gasteiger partial charge is 0.367 e. The smallest absolute Gasteiger partial charge is 0.227 e. The van der Waals surface area contributed by atoms with E-state index >= 15 is 0 Å². The average molecular weight is 298 g/mol. The van der Waals surface area contributed by atoms with Crippen LogP contribution in [0.5, 0.6) is 0 Å². The summed E-state index contributed by atoms with van der Waals surface area (Å²) in [7, 11) is 0. The van der Waals surface area contributed by atoms with Gasteiger partial charge in [-0.1, -0.05) is 37.3 Å². The summed E-state index contributed by atoms with van der Waals surface area (Å²) in [5.41, 5.74) is 1.26. The van der Waals surface area contributed by atoms with Crippen LogP contribution in [0.15, 0.2) is 42.6 Å². The number of aromatic nitrogens is 2. The summed E-state index contributed by atoms with van der Waals surface area (Å²) < 4.78 is 0. The summed E-state index contributed by atoms with van der Waals surface area (Å²) in [6.07, 6.45) is 2.89. The number of benzene rings is 1. The van der Waals surface area contributed by atoms with E-state index < -0.39 is 0 Å². The van der Waals surface area contributed by atoms with Crippen LogP contribution in [-0.2, 0) is 6.54 Å². The molecule has 1 N–H and O–H groups in total. The molecule has 2 rings (SSSR count). The van der Waals surface area contributed by atoms with Gasteiger partial charge in [-0.15, -0.1) is 0 Å². The standard InChI is InChI=1S/C18H26N4/c1-5-15(4)20-17-11-12-19-18(21-17)22(14(2)3)13-16-9-7-6-8-10-16/h6-12,14-15H,5,13H2,1-4H3,(H,19,20,21). The van der Waals surface area contributed by atoms with Gasteiger partial charge in [0, 0.05) is 24.8 Å². The summed E-state index contributed by atoms with van der Waals surface area (Å²) >= 11 is 0. The lowest BCUT2D eigenvalue weighted by molar-refractivity contribution is 0.659. The molecule has 1 aromatic carbocycles. The van der Waals surface area contributed by atoms with Crippen molar-refractivity contribution in [2.45, 2.75) is 52.7 Å². The van der Waals surface area contributed by atoms with E-state index in [2.05, 4.69) is 72.1 Å². The van der Waals surface area contributed by atoms with Crippen LogP contribution in [0.3, 0.4) is 0 Å². The third kappa shape index (κ3) is 4.45. The predicted octanol–water partition coefficient (Wildman–Crippen LogP) is 4.10. The van der Waals surface area contributed by atoms with Gasteiger partial charge >= 0.3 is 0 Å². The molecule has 0 aliphatic carbocycles. The van der Waals surface area contributed by atoms with Gasteiger partial charge < -0.3 is 10.2 Å². The van der Waals surface area contributed by atoms with Crippen molar-refractivity contribution in [3.63, 3.8) is 0 Å². The molecule has 22 heavy (non-hydrogen) atoms. The first kappa shape index (κ1) is 16.3. The fourth-order valence-corrected chi connectivity index (χ4v) is 2.19. The molecular formula is C18H26N4. The molecule has 1 aromatic heterocycles. The SMILES string of the molecule is CCC(C)Nc1ccnc(N(Cc2ccccc2)C(C)C)n1. The van der Waals surface area contributed by atoms with Crippen molar-refractivity contribution >= 4 is 11.8 Å². The van der Waals surface area contributed by atoms with Crippen LogP contribution in [0.4, 0.5) is 11.8 Å². The van der Waals surface area contributed by atoms with E-state index in [0.717, 1.165) is 24.7 Å². The van der Waals surface area contributed by atoms with E-state index in [9.17, 15) is 0 Å². The second kappa shape index (κ2) is 7.78. The lowest BCUT2D eigenvalue weighted by Gasteiger charge is -2.27. The minimum absolute atomic E-state index is 0.332. The highest BCUT2D eigenvalue weighted by molar-refractivity contribution is 5.43. The molecule has 1 atom stereocenters. The lowest BCUT2D eigenvalue weighted by Crippen LogP contribution is -2.32. The Kier molecular flexibility index (Phi) is 5.75. The molecule has 0 saturated heterocycles. The number of nitrogens with zero attached hydrogens (tertiary/aromatic N) is 3. The molecule has 0 amide bonds. The Morgan fingerprint density at radius 3 is 2.45 bits per heavy atom. The van der Waals surface area contributed by atoms with E-state index in [1.807, 2.05) is 18.3 Å². The van der Waals surface area contributed by atoms with Gasteiger partial charge in [-0.2, -0.15) is 4.98 Å². The molecule has 0 radical (unpaired) electrons. The Morgan fingerprint density at radius 2 is 1.82 bits per heavy atom. The highest BCUT2D eigenvalue weighted by Gasteiger charge is 2.14. The Morgan fingerprint density at radius 1 is 1.09 bits per heavy atom. The maximum absolute atomic E-state index is 4.68. The number of hydrogen-bond acceptors (Lipinski definition) is 4. The minimum atomic E-state index is 0.332. The minimum Gasteiger partial charge on any atom is -0.367 e. The number of hydrogen-bond donors (Lipinski definition) is 1. The molecule has 118 valence electrons. The first-order chi connectivity index (χ1) is 10.6. The normalized spacial score (nSPS) is 12.2. The molecule has 4 nitrogen and oxygen atoms in total. The zero-order valence-corrected chi connectivity index (χ0v) is 14.0. The van der Waals surface area contributed by atoms with Crippen LogP contribution in [0.25, 0.3) is 0 Å². The second-order valence-electron chi connectivity index (χ2n) is 5.90. The molecule has 1 unspecified atom stereocenters. The van der Waals surface area contributed by atoms with E-state index in [4.69, 9.17) is 0 Å². The van der Waals surface area contributed by atoms with Gasteiger partial charge in [-0.3, -0.25) is 0 Å². The van der Waals surface area contributed by atoms with Crippen molar-refractivity contribution in [2.75, 3.05) is 10.2 Å². The van der Waals surface area contributed by atoms with Gasteiger partial charge in [-0.25, -0.2) is 4.98 Å². The van der Waals surface area contributed by atoms with E-state index in [0.29, 0.717) is 12.1 Å². The summed E-state index contributed by atoms with van der Waals surface area (Å²) in [6.45, 7) is 9.47. The first-order valence-electron chi connectivity index (χ1n) is 8.00. The van der Waals surface area contributed by atoms with Crippen molar-refractivity contribution in [3.8, 4) is 0 Å². The van der Waals surface area contributed by atoms with Crippen molar-refractivity contribution < 1.29 is 0 Å². The molecule has 0 spiro atoms. The van der Waals surface area contributed by atoms with Crippen LogP contribution in [-0.4, -0.2) is 22.1 Å². The van der Waals surface area contributed by atoms with Crippen molar-refractivity contribution in [1.29, 1.82) is 0 Å². The average Bonchev–Trinajstić information content (AvgIpc) is 2.53. The molecular weight excluding hydrogens is 272 g/mol. The number of nitrogens with one attached hydrogen (secondary N) is 1. The molecule has 0 saturated carbocycles. The van der Waals surface area contributed by atoms with Gasteiger partial charge in [0.1, 0.15) is 5.82 Å². The zero-order chi connectivity index (χ0) is 15.9. The number of anilines is 2. The lowest BCUT2D eigenvalue weighted by atomic mass is 10.2. The van der Waals surface area contributed by atoms with Crippen LogP contribution >= 0.6 is 0 Å². The van der Waals surface area contributed by atoms with Crippen LogP contribution in [0.2, 0.25) is 0 Å². The molecule has 0 aliphatic rings. The Balaban J connectivity index is 2.19.